The molecule has 1 unspecified atom stereocenters. The van der Waals surface area contributed by atoms with E-state index in [4.69, 9.17) is 23.2 Å². The maximum atomic E-state index is 14.6. The first kappa shape index (κ1) is 21.6. The summed E-state index contributed by atoms with van der Waals surface area (Å²) in [7, 11) is 0. The number of halogens is 3. The molecule has 1 fully saturated rings. The fourth-order valence-electron chi connectivity index (χ4n) is 3.08. The number of nitrogens with zero attached hydrogens (tertiary/aromatic N) is 3. The molecule has 1 aliphatic rings. The van der Waals surface area contributed by atoms with E-state index >= 15 is 0 Å². The average molecular weight is 440 g/mol. The summed E-state index contributed by atoms with van der Waals surface area (Å²) in [6.07, 6.45) is 3.11. The molecule has 1 saturated heterocycles. The van der Waals surface area contributed by atoms with E-state index in [0.717, 1.165) is 12.8 Å². The molecule has 0 saturated carbocycles. The zero-order valence-electron chi connectivity index (χ0n) is 16.4. The molecule has 0 spiro atoms. The lowest BCUT2D eigenvalue weighted by atomic mass is 10.0. The third kappa shape index (κ3) is 5.08. The Labute approximate surface area is 179 Å². The maximum absolute atomic E-state index is 14.6. The van der Waals surface area contributed by atoms with Gasteiger partial charge in [-0.2, -0.15) is 9.97 Å². The van der Waals surface area contributed by atoms with Crippen molar-refractivity contribution in [3.05, 3.63) is 34.2 Å². The minimum Gasteiger partial charge on any atom is -0.369 e. The number of nitrogens with one attached hydrogen (secondary N) is 2. The molecule has 2 aromatic rings. The van der Waals surface area contributed by atoms with Gasteiger partial charge in [0.05, 0.1) is 10.6 Å². The average Bonchev–Trinajstić information content (AvgIpc) is 2.69. The first-order valence-corrected chi connectivity index (χ1v) is 10.5. The van der Waals surface area contributed by atoms with Gasteiger partial charge in [-0.15, -0.1) is 0 Å². The van der Waals surface area contributed by atoms with Crippen LogP contribution in [0.25, 0.3) is 11.1 Å². The molecule has 156 valence electrons. The fraction of sp³-hybridized carbons (Fsp3) is 0.450. The Kier molecular flexibility index (Phi) is 7.14. The molecule has 29 heavy (non-hydrogen) atoms. The van der Waals surface area contributed by atoms with E-state index in [0.29, 0.717) is 43.2 Å². The summed E-state index contributed by atoms with van der Waals surface area (Å²) in [4.78, 5) is 20.6. The van der Waals surface area contributed by atoms with Gasteiger partial charge in [-0.1, -0.05) is 49.5 Å². The molecule has 9 heteroatoms. The highest BCUT2D eigenvalue weighted by Gasteiger charge is 2.24. The zero-order valence-corrected chi connectivity index (χ0v) is 17.9. The van der Waals surface area contributed by atoms with E-state index in [9.17, 15) is 9.18 Å². The number of rotatable bonds is 7. The normalized spacial score (nSPS) is 15.2. The fourth-order valence-corrected chi connectivity index (χ4v) is 3.60. The van der Waals surface area contributed by atoms with Crippen molar-refractivity contribution in [2.45, 2.75) is 39.5 Å². The summed E-state index contributed by atoms with van der Waals surface area (Å²) in [5.74, 6) is 0.553. The van der Waals surface area contributed by atoms with Gasteiger partial charge in [-0.3, -0.25) is 15.2 Å². The summed E-state index contributed by atoms with van der Waals surface area (Å²) in [5.41, 5.74) is 3.20. The van der Waals surface area contributed by atoms with Crippen LogP contribution in [0.5, 0.6) is 0 Å². The number of benzene rings is 1. The summed E-state index contributed by atoms with van der Waals surface area (Å²) < 4.78 is 14.6. The summed E-state index contributed by atoms with van der Waals surface area (Å²) in [5, 5.41) is 5.11. The van der Waals surface area contributed by atoms with Crippen LogP contribution < -0.4 is 15.8 Å². The largest absolute Gasteiger partial charge is 0.369 e. The van der Waals surface area contributed by atoms with Crippen molar-refractivity contribution in [2.24, 2.45) is 5.92 Å². The van der Waals surface area contributed by atoms with Crippen LogP contribution in [-0.4, -0.2) is 29.0 Å². The second kappa shape index (κ2) is 9.59. The molecule has 2 N–H and O–H groups in total. The molecule has 1 atom stereocenters. The predicted octanol–water partition coefficient (Wildman–Crippen LogP) is 5.07. The highest BCUT2D eigenvalue weighted by Crippen LogP contribution is 2.39. The van der Waals surface area contributed by atoms with Crippen LogP contribution in [0.15, 0.2) is 18.2 Å². The molecule has 1 amide bonds. The van der Waals surface area contributed by atoms with Crippen LogP contribution in [0.2, 0.25) is 10.2 Å². The topological polar surface area (TPSA) is 70.2 Å². The first-order chi connectivity index (χ1) is 13.9. The van der Waals surface area contributed by atoms with Gasteiger partial charge in [-0.25, -0.2) is 4.39 Å². The molecule has 0 aliphatic carbocycles. The second-order valence-electron chi connectivity index (χ2n) is 7.15. The van der Waals surface area contributed by atoms with E-state index in [1.807, 2.05) is 0 Å². The van der Waals surface area contributed by atoms with Gasteiger partial charge < -0.3 is 5.32 Å². The third-order valence-electron chi connectivity index (χ3n) is 4.98. The van der Waals surface area contributed by atoms with Crippen molar-refractivity contribution in [3.8, 4) is 11.1 Å². The Balaban J connectivity index is 2.02. The maximum Gasteiger partial charge on any atom is 0.247 e. The molecule has 0 radical (unpaired) electrons. The van der Waals surface area contributed by atoms with Crippen LogP contribution in [0.3, 0.4) is 0 Å². The van der Waals surface area contributed by atoms with Gasteiger partial charge in [0.2, 0.25) is 11.9 Å². The smallest absolute Gasteiger partial charge is 0.247 e. The van der Waals surface area contributed by atoms with Crippen LogP contribution in [0, 0.1) is 11.7 Å². The minimum atomic E-state index is -0.507. The Bertz CT molecular complexity index is 875. The molecule has 2 heterocycles. The Morgan fingerprint density at radius 3 is 2.79 bits per heavy atom. The Morgan fingerprint density at radius 1 is 1.31 bits per heavy atom. The lowest BCUT2D eigenvalue weighted by Crippen LogP contribution is -2.47. The number of aromatic nitrogens is 2. The number of carbonyl (C=O) groups excluding carboxylic acids is 1. The number of hydrogen-bond donors (Lipinski definition) is 2. The Morgan fingerprint density at radius 2 is 2.10 bits per heavy atom. The number of hydrazine groups is 1. The molecule has 1 aromatic heterocycles. The van der Waals surface area contributed by atoms with E-state index in [1.54, 1.807) is 11.1 Å². The molecule has 6 nitrogen and oxygen atoms in total. The summed E-state index contributed by atoms with van der Waals surface area (Å²) >= 11 is 12.8. The summed E-state index contributed by atoms with van der Waals surface area (Å²) in [6, 6.07) is 4.45. The highest BCUT2D eigenvalue weighted by molar-refractivity contribution is 6.36. The minimum absolute atomic E-state index is 0.0628. The van der Waals surface area contributed by atoms with Crippen molar-refractivity contribution >= 4 is 40.9 Å². The SMILES string of the molecule is CCC(C)CCNc1nc(N2CCCC(=O)N2)nc(Cl)c1-c1c(F)cccc1Cl. The Hall–Kier alpha value is -2.12. The van der Waals surface area contributed by atoms with Crippen molar-refractivity contribution < 1.29 is 9.18 Å². The molecule has 1 aromatic carbocycles. The highest BCUT2D eigenvalue weighted by atomic mass is 35.5. The van der Waals surface area contributed by atoms with E-state index in [2.05, 4.69) is 34.6 Å². The van der Waals surface area contributed by atoms with E-state index < -0.39 is 5.82 Å². The lowest BCUT2D eigenvalue weighted by molar-refractivity contribution is -0.122. The van der Waals surface area contributed by atoms with Crippen molar-refractivity contribution in [1.82, 2.24) is 15.4 Å². The number of anilines is 2. The van der Waals surface area contributed by atoms with Crippen molar-refractivity contribution in [2.75, 3.05) is 23.4 Å². The van der Waals surface area contributed by atoms with Crippen LogP contribution >= 0.6 is 23.2 Å². The molecule has 0 bridgehead atoms. The quantitative estimate of drug-likeness (QED) is 0.589. The third-order valence-corrected chi connectivity index (χ3v) is 5.57. The van der Waals surface area contributed by atoms with E-state index in [-0.39, 0.29) is 27.6 Å². The van der Waals surface area contributed by atoms with Gasteiger partial charge in [0, 0.05) is 25.1 Å². The van der Waals surface area contributed by atoms with Crippen molar-refractivity contribution in [1.29, 1.82) is 0 Å². The van der Waals surface area contributed by atoms with Crippen LogP contribution in [-0.2, 0) is 4.79 Å². The number of amides is 1. The molecular formula is C20H24Cl2FN5O. The molecule has 1 aliphatic heterocycles. The second-order valence-corrected chi connectivity index (χ2v) is 7.92. The van der Waals surface area contributed by atoms with Crippen LogP contribution in [0.4, 0.5) is 16.2 Å². The monoisotopic (exact) mass is 439 g/mol. The van der Waals surface area contributed by atoms with Gasteiger partial charge in [0.15, 0.2) is 0 Å². The van der Waals surface area contributed by atoms with E-state index in [1.165, 1.54) is 12.1 Å². The standard InChI is InChI=1S/C20H24Cl2FN5O/c1-3-12(2)9-10-24-19-17(16-13(21)6-4-7-14(16)23)18(22)25-20(26-19)28-11-5-8-15(29)27-28/h4,6-7,12H,3,5,8-11H2,1-2H3,(H,27,29)(H,24,25,26). The van der Waals surface area contributed by atoms with Crippen LogP contribution in [0.1, 0.15) is 39.5 Å². The van der Waals surface area contributed by atoms with Gasteiger partial charge in [-0.05, 0) is 30.9 Å². The lowest BCUT2D eigenvalue weighted by Gasteiger charge is -2.28. The van der Waals surface area contributed by atoms with Gasteiger partial charge in [0.25, 0.3) is 0 Å². The van der Waals surface area contributed by atoms with Crippen molar-refractivity contribution in [3.63, 3.8) is 0 Å². The molecular weight excluding hydrogens is 416 g/mol. The number of carbonyl (C=O) groups is 1. The summed E-state index contributed by atoms with van der Waals surface area (Å²) in [6.45, 7) is 5.49. The first-order valence-electron chi connectivity index (χ1n) is 9.73. The number of hydrogen-bond acceptors (Lipinski definition) is 5. The molecule has 3 rings (SSSR count). The van der Waals surface area contributed by atoms with Gasteiger partial charge in [0.1, 0.15) is 16.8 Å². The predicted molar refractivity (Wildman–Crippen MR) is 115 cm³/mol. The van der Waals surface area contributed by atoms with Gasteiger partial charge >= 0.3 is 0 Å². The zero-order chi connectivity index (χ0) is 21.0.